The van der Waals surface area contributed by atoms with Crippen molar-refractivity contribution in [3.8, 4) is 0 Å². The molecule has 1 aliphatic heterocycles. The molecule has 0 aromatic carbocycles. The topological polar surface area (TPSA) is 71.1 Å². The van der Waals surface area contributed by atoms with Crippen molar-refractivity contribution in [3.05, 3.63) is 24.8 Å². The predicted molar refractivity (Wildman–Crippen MR) is 92.2 cm³/mol. The van der Waals surface area contributed by atoms with Crippen LogP contribution in [0.15, 0.2) is 24.8 Å². The van der Waals surface area contributed by atoms with E-state index >= 15 is 0 Å². The molecular weight excluding hydrogens is 336 g/mol. The van der Waals surface area contributed by atoms with E-state index in [-0.39, 0.29) is 29.6 Å². The molecule has 1 saturated heterocycles. The number of Topliss-reactive ketones (excluding diaryl/α,β-unsaturated/α-hetero) is 1. The van der Waals surface area contributed by atoms with Gasteiger partial charge in [-0.3, -0.25) is 4.79 Å². The molecule has 0 radical (unpaired) electrons. The zero-order valence-electron chi connectivity index (χ0n) is 15.4. The van der Waals surface area contributed by atoms with Gasteiger partial charge in [-0.2, -0.15) is 0 Å². The molecule has 0 aromatic rings. The Labute approximate surface area is 153 Å². The van der Waals surface area contributed by atoms with Crippen molar-refractivity contribution in [3.63, 3.8) is 0 Å². The van der Waals surface area contributed by atoms with E-state index in [9.17, 15) is 9.59 Å². The summed E-state index contributed by atoms with van der Waals surface area (Å²) in [6.45, 7) is 12.9. The fraction of sp³-hybridized carbons (Fsp3) is 0.700. The lowest BCUT2D eigenvalue weighted by molar-refractivity contribution is -0.274. The summed E-state index contributed by atoms with van der Waals surface area (Å²) in [5.41, 5.74) is -0.413. The van der Waals surface area contributed by atoms with Gasteiger partial charge in [0.2, 0.25) is 0 Å². The number of fused-ring (bicyclic) bond motifs is 4. The lowest BCUT2D eigenvalue weighted by Crippen LogP contribution is -2.73. The van der Waals surface area contributed by atoms with E-state index in [1.807, 2.05) is 0 Å². The Balaban J connectivity index is 1.71. The molecule has 4 rings (SSSR count). The number of hydrogen-bond acceptors (Lipinski definition) is 6. The van der Waals surface area contributed by atoms with E-state index in [1.54, 1.807) is 0 Å². The Bertz CT molecular complexity index is 674. The fourth-order valence-electron chi connectivity index (χ4n) is 5.70. The summed E-state index contributed by atoms with van der Waals surface area (Å²) in [4.78, 5) is 25.6. The highest BCUT2D eigenvalue weighted by Crippen LogP contribution is 2.68. The summed E-state index contributed by atoms with van der Waals surface area (Å²) in [7, 11) is 0. The maximum Gasteiger partial charge on any atom is 0.509 e. The van der Waals surface area contributed by atoms with Gasteiger partial charge in [0.15, 0.2) is 5.79 Å². The van der Waals surface area contributed by atoms with E-state index in [0.29, 0.717) is 32.5 Å². The molecule has 6 heteroatoms. The van der Waals surface area contributed by atoms with E-state index in [4.69, 9.17) is 18.9 Å². The Hall–Kier alpha value is -1.66. The number of carbonyl (C=O) groups excluding carboxylic acids is 2. The van der Waals surface area contributed by atoms with Crippen LogP contribution in [0.3, 0.4) is 0 Å². The van der Waals surface area contributed by atoms with Gasteiger partial charge < -0.3 is 18.9 Å². The molecule has 1 heterocycles. The Kier molecular flexibility index (Phi) is 3.87. The molecule has 3 aliphatic carbocycles. The first kappa shape index (κ1) is 17.7. The van der Waals surface area contributed by atoms with Gasteiger partial charge in [0.1, 0.15) is 18.0 Å². The first-order chi connectivity index (χ1) is 12.3. The summed E-state index contributed by atoms with van der Waals surface area (Å²) in [6, 6.07) is 0. The summed E-state index contributed by atoms with van der Waals surface area (Å²) in [5, 5.41) is 0. The summed E-state index contributed by atoms with van der Waals surface area (Å²) >= 11 is 0. The van der Waals surface area contributed by atoms with Gasteiger partial charge in [0.05, 0.1) is 19.1 Å². The van der Waals surface area contributed by atoms with E-state index < -0.39 is 23.5 Å². The Morgan fingerprint density at radius 1 is 1.31 bits per heavy atom. The minimum Gasteiger partial charge on any atom is -0.430 e. The van der Waals surface area contributed by atoms with Crippen molar-refractivity contribution < 1.29 is 28.5 Å². The molecule has 0 aromatic heterocycles. The van der Waals surface area contributed by atoms with Gasteiger partial charge >= 0.3 is 6.16 Å². The van der Waals surface area contributed by atoms with E-state index in [1.165, 1.54) is 6.08 Å². The van der Waals surface area contributed by atoms with Crippen molar-refractivity contribution in [2.24, 2.45) is 23.2 Å². The SMILES string of the molecule is C=CCOC(=O)OC12CC(=C)C1C(=O)[C@H]1CC3(C[C@@H]2C1(C)C)OCCO3. The first-order valence-corrected chi connectivity index (χ1v) is 9.22. The third kappa shape index (κ3) is 2.24. The summed E-state index contributed by atoms with van der Waals surface area (Å²) < 4.78 is 22.7. The van der Waals surface area contributed by atoms with Crippen LogP contribution in [0.2, 0.25) is 0 Å². The molecule has 1 spiro atoms. The minimum atomic E-state index is -0.921. The highest BCUT2D eigenvalue weighted by molar-refractivity contribution is 5.92. The predicted octanol–water partition coefficient (Wildman–Crippen LogP) is 3.02. The number of ketones is 1. The number of carbonyl (C=O) groups is 2. The van der Waals surface area contributed by atoms with Crippen LogP contribution in [0, 0.1) is 23.2 Å². The molecule has 4 atom stereocenters. The second kappa shape index (κ2) is 5.67. The van der Waals surface area contributed by atoms with Crippen molar-refractivity contribution in [2.45, 2.75) is 44.5 Å². The van der Waals surface area contributed by atoms with Crippen molar-refractivity contribution in [1.82, 2.24) is 0 Å². The smallest absolute Gasteiger partial charge is 0.430 e. The maximum atomic E-state index is 13.3. The highest BCUT2D eigenvalue weighted by Gasteiger charge is 2.74. The zero-order chi connectivity index (χ0) is 18.7. The van der Waals surface area contributed by atoms with Crippen molar-refractivity contribution >= 4 is 11.9 Å². The third-order valence-electron chi connectivity index (χ3n) is 6.85. The highest BCUT2D eigenvalue weighted by atomic mass is 16.7. The van der Waals surface area contributed by atoms with Crippen LogP contribution in [0.25, 0.3) is 0 Å². The second-order valence-corrected chi connectivity index (χ2v) is 8.52. The van der Waals surface area contributed by atoms with Gasteiger partial charge in [-0.15, -0.1) is 0 Å². The number of ether oxygens (including phenoxy) is 4. The average molecular weight is 362 g/mol. The largest absolute Gasteiger partial charge is 0.509 e. The van der Waals surface area contributed by atoms with Crippen LogP contribution in [-0.2, 0) is 23.7 Å². The van der Waals surface area contributed by atoms with Gasteiger partial charge in [0, 0.05) is 31.1 Å². The maximum absolute atomic E-state index is 13.3. The van der Waals surface area contributed by atoms with Crippen LogP contribution >= 0.6 is 0 Å². The van der Waals surface area contributed by atoms with E-state index in [2.05, 4.69) is 27.0 Å². The second-order valence-electron chi connectivity index (χ2n) is 8.52. The normalized spacial score (nSPS) is 39.1. The summed E-state index contributed by atoms with van der Waals surface area (Å²) in [6.07, 6.45) is 2.34. The van der Waals surface area contributed by atoms with Crippen molar-refractivity contribution in [1.29, 1.82) is 0 Å². The lowest BCUT2D eigenvalue weighted by atomic mass is 9.40. The molecule has 0 amide bonds. The van der Waals surface area contributed by atoms with Crippen LogP contribution in [0.5, 0.6) is 0 Å². The van der Waals surface area contributed by atoms with Gasteiger partial charge in [-0.05, 0) is 5.41 Å². The number of rotatable bonds is 3. The van der Waals surface area contributed by atoms with Gasteiger partial charge in [-0.1, -0.05) is 38.7 Å². The molecule has 4 aliphatic rings. The number of hydrogen-bond donors (Lipinski definition) is 0. The minimum absolute atomic E-state index is 0.0708. The molecule has 142 valence electrons. The molecule has 6 nitrogen and oxygen atoms in total. The third-order valence-corrected chi connectivity index (χ3v) is 6.85. The lowest BCUT2D eigenvalue weighted by Gasteiger charge is -2.66. The monoisotopic (exact) mass is 362 g/mol. The zero-order valence-corrected chi connectivity index (χ0v) is 15.4. The van der Waals surface area contributed by atoms with Crippen LogP contribution in [0.4, 0.5) is 4.79 Å². The van der Waals surface area contributed by atoms with Crippen LogP contribution in [-0.4, -0.2) is 43.1 Å². The molecule has 3 saturated carbocycles. The molecular formula is C20H26O6. The van der Waals surface area contributed by atoms with Gasteiger partial charge in [-0.25, -0.2) is 4.79 Å². The fourth-order valence-corrected chi connectivity index (χ4v) is 5.70. The molecule has 4 fully saturated rings. The van der Waals surface area contributed by atoms with Crippen LogP contribution < -0.4 is 0 Å². The van der Waals surface area contributed by atoms with Crippen LogP contribution in [0.1, 0.15) is 33.1 Å². The molecule has 26 heavy (non-hydrogen) atoms. The Morgan fingerprint density at radius 2 is 2.00 bits per heavy atom. The molecule has 2 unspecified atom stereocenters. The van der Waals surface area contributed by atoms with E-state index in [0.717, 1.165) is 5.57 Å². The average Bonchev–Trinajstić information content (AvgIpc) is 3.01. The van der Waals surface area contributed by atoms with Crippen molar-refractivity contribution in [2.75, 3.05) is 19.8 Å². The summed E-state index contributed by atoms with van der Waals surface area (Å²) in [5.74, 6) is -1.40. The first-order valence-electron chi connectivity index (χ1n) is 9.22. The van der Waals surface area contributed by atoms with Gasteiger partial charge in [0.25, 0.3) is 0 Å². The molecule has 0 N–H and O–H groups in total. The molecule has 2 bridgehead atoms. The quantitative estimate of drug-likeness (QED) is 0.568. The standard InChI is InChI=1S/C20H26O6/c1-5-6-23-17(22)26-20-9-12(2)15(20)16(21)13-10-19(24-7-8-25-19)11-14(20)18(13,3)4/h5,13-15H,1-2,6-11H2,3-4H3/t13-,14-,15?,20?/m1/s1. The Morgan fingerprint density at radius 3 is 2.62 bits per heavy atom.